The third-order valence-electron chi connectivity index (χ3n) is 2.57. The van der Waals surface area contributed by atoms with Gasteiger partial charge in [-0.3, -0.25) is 9.48 Å². The quantitative estimate of drug-likeness (QED) is 0.886. The number of halogens is 1. The van der Waals surface area contributed by atoms with Crippen LogP contribution in [0.1, 0.15) is 6.92 Å². The van der Waals surface area contributed by atoms with Crippen molar-refractivity contribution in [3.63, 3.8) is 0 Å². The Labute approximate surface area is 112 Å². The van der Waals surface area contributed by atoms with Crippen LogP contribution in [-0.4, -0.2) is 29.3 Å². The minimum atomic E-state index is -0.0468. The molecule has 5 nitrogen and oxygen atoms in total. The van der Waals surface area contributed by atoms with Crippen molar-refractivity contribution in [2.45, 2.75) is 13.5 Å². The van der Waals surface area contributed by atoms with Gasteiger partial charge in [-0.25, -0.2) is 0 Å². The maximum atomic E-state index is 11.4. The van der Waals surface area contributed by atoms with Gasteiger partial charge in [0.1, 0.15) is 0 Å². The van der Waals surface area contributed by atoms with Gasteiger partial charge in [0, 0.05) is 17.6 Å². The van der Waals surface area contributed by atoms with Gasteiger partial charge in [0.2, 0.25) is 5.91 Å². The van der Waals surface area contributed by atoms with E-state index in [2.05, 4.69) is 15.7 Å². The summed E-state index contributed by atoms with van der Waals surface area (Å²) in [5.41, 5.74) is 1.84. The van der Waals surface area contributed by atoms with E-state index in [1.807, 2.05) is 36.0 Å². The van der Waals surface area contributed by atoms with Crippen molar-refractivity contribution in [1.82, 2.24) is 15.1 Å². The Morgan fingerprint density at radius 2 is 2.22 bits per heavy atom. The van der Waals surface area contributed by atoms with E-state index in [4.69, 9.17) is 0 Å². The minimum Gasteiger partial charge on any atom is -0.325 e. The molecule has 0 aliphatic rings. The highest BCUT2D eigenvalue weighted by molar-refractivity contribution is 5.94. The Morgan fingerprint density at radius 1 is 1.44 bits per heavy atom. The largest absolute Gasteiger partial charge is 0.325 e. The molecule has 2 aromatic rings. The number of fused-ring (bicyclic) bond motifs is 1. The van der Waals surface area contributed by atoms with Gasteiger partial charge in [0.15, 0.2) is 0 Å². The zero-order valence-corrected chi connectivity index (χ0v) is 11.3. The second-order valence-electron chi connectivity index (χ2n) is 3.81. The summed E-state index contributed by atoms with van der Waals surface area (Å²) in [5, 5.41) is 11.0. The number of rotatable bonds is 4. The first kappa shape index (κ1) is 14.5. The molecule has 0 radical (unpaired) electrons. The molecular weight excluding hydrogens is 252 g/mol. The van der Waals surface area contributed by atoms with Gasteiger partial charge in [-0.15, -0.1) is 12.4 Å². The van der Waals surface area contributed by atoms with E-state index in [1.54, 1.807) is 7.05 Å². The summed E-state index contributed by atoms with van der Waals surface area (Å²) in [6, 6.07) is 5.79. The van der Waals surface area contributed by atoms with Gasteiger partial charge in [-0.05, 0) is 32.2 Å². The van der Waals surface area contributed by atoms with E-state index in [9.17, 15) is 4.79 Å². The summed E-state index contributed by atoms with van der Waals surface area (Å²) >= 11 is 0. The normalized spacial score (nSPS) is 10.1. The number of aryl methyl sites for hydroxylation is 1. The number of carbonyl (C=O) groups is 1. The number of nitrogens with one attached hydrogen (secondary N) is 2. The first-order valence-corrected chi connectivity index (χ1v) is 5.64. The van der Waals surface area contributed by atoms with Gasteiger partial charge >= 0.3 is 0 Å². The predicted octanol–water partition coefficient (Wildman–Crippen LogP) is 1.64. The molecule has 0 aliphatic carbocycles. The molecule has 2 rings (SSSR count). The molecule has 1 aromatic heterocycles. The Kier molecular flexibility index (Phi) is 5.12. The molecule has 98 valence electrons. The molecule has 1 heterocycles. The molecule has 0 unspecified atom stereocenters. The molecule has 0 aliphatic heterocycles. The average Bonchev–Trinajstić information content (AvgIpc) is 2.71. The summed E-state index contributed by atoms with van der Waals surface area (Å²) in [6.07, 6.45) is 1.83. The van der Waals surface area contributed by atoms with Crippen LogP contribution in [0.3, 0.4) is 0 Å². The lowest BCUT2D eigenvalue weighted by Gasteiger charge is -2.05. The van der Waals surface area contributed by atoms with Crippen molar-refractivity contribution in [3.05, 3.63) is 24.4 Å². The third kappa shape index (κ3) is 3.00. The fourth-order valence-corrected chi connectivity index (χ4v) is 1.77. The SMILES string of the molecule is CCn1ncc2ccc(NC(=O)CNC)cc21.Cl. The van der Waals surface area contributed by atoms with Crippen LogP contribution in [0.2, 0.25) is 0 Å². The van der Waals surface area contributed by atoms with E-state index in [1.165, 1.54) is 0 Å². The van der Waals surface area contributed by atoms with Crippen molar-refractivity contribution in [2.24, 2.45) is 0 Å². The molecule has 0 spiro atoms. The molecular formula is C12H17ClN4O. The first-order chi connectivity index (χ1) is 8.24. The number of amides is 1. The molecule has 0 atom stereocenters. The molecule has 2 N–H and O–H groups in total. The summed E-state index contributed by atoms with van der Waals surface area (Å²) in [6.45, 7) is 3.17. The Hall–Kier alpha value is -1.59. The monoisotopic (exact) mass is 268 g/mol. The highest BCUT2D eigenvalue weighted by Crippen LogP contribution is 2.18. The van der Waals surface area contributed by atoms with Gasteiger partial charge in [-0.1, -0.05) is 0 Å². The number of hydrogen-bond donors (Lipinski definition) is 2. The molecule has 0 fully saturated rings. The highest BCUT2D eigenvalue weighted by atomic mass is 35.5. The maximum Gasteiger partial charge on any atom is 0.238 e. The number of carbonyl (C=O) groups excluding carboxylic acids is 1. The molecule has 18 heavy (non-hydrogen) atoms. The van der Waals surface area contributed by atoms with Crippen LogP contribution in [0.4, 0.5) is 5.69 Å². The van der Waals surface area contributed by atoms with Crippen LogP contribution < -0.4 is 10.6 Å². The lowest BCUT2D eigenvalue weighted by atomic mass is 10.2. The predicted molar refractivity (Wildman–Crippen MR) is 75.2 cm³/mol. The van der Waals surface area contributed by atoms with Crippen LogP contribution in [0.5, 0.6) is 0 Å². The van der Waals surface area contributed by atoms with Crippen LogP contribution in [0.25, 0.3) is 10.9 Å². The summed E-state index contributed by atoms with van der Waals surface area (Å²) in [4.78, 5) is 11.4. The van der Waals surface area contributed by atoms with E-state index in [0.717, 1.165) is 23.1 Å². The number of benzene rings is 1. The summed E-state index contributed by atoms with van der Waals surface area (Å²) in [7, 11) is 1.74. The molecule has 0 bridgehead atoms. The van der Waals surface area contributed by atoms with Crippen molar-refractivity contribution in [3.8, 4) is 0 Å². The summed E-state index contributed by atoms with van der Waals surface area (Å²) < 4.78 is 1.91. The summed E-state index contributed by atoms with van der Waals surface area (Å²) in [5.74, 6) is -0.0468. The van der Waals surface area contributed by atoms with E-state index in [-0.39, 0.29) is 18.3 Å². The van der Waals surface area contributed by atoms with Crippen molar-refractivity contribution < 1.29 is 4.79 Å². The molecule has 1 aromatic carbocycles. The van der Waals surface area contributed by atoms with Crippen molar-refractivity contribution in [1.29, 1.82) is 0 Å². The van der Waals surface area contributed by atoms with Crippen LogP contribution in [0.15, 0.2) is 24.4 Å². The van der Waals surface area contributed by atoms with Crippen LogP contribution in [0, 0.1) is 0 Å². The number of anilines is 1. The van der Waals surface area contributed by atoms with Gasteiger partial charge in [-0.2, -0.15) is 5.10 Å². The third-order valence-corrected chi connectivity index (χ3v) is 2.57. The lowest BCUT2D eigenvalue weighted by Crippen LogP contribution is -2.25. The molecule has 0 saturated carbocycles. The average molecular weight is 269 g/mol. The smallest absolute Gasteiger partial charge is 0.238 e. The van der Waals surface area contributed by atoms with Crippen molar-refractivity contribution in [2.75, 3.05) is 18.9 Å². The second-order valence-corrected chi connectivity index (χ2v) is 3.81. The van der Waals surface area contributed by atoms with E-state index in [0.29, 0.717) is 6.54 Å². The number of nitrogens with zero attached hydrogens (tertiary/aromatic N) is 2. The van der Waals surface area contributed by atoms with Gasteiger partial charge in [0.25, 0.3) is 0 Å². The Morgan fingerprint density at radius 3 is 2.89 bits per heavy atom. The Balaban J connectivity index is 0.00000162. The zero-order valence-electron chi connectivity index (χ0n) is 10.4. The van der Waals surface area contributed by atoms with E-state index < -0.39 is 0 Å². The fraction of sp³-hybridized carbons (Fsp3) is 0.333. The first-order valence-electron chi connectivity index (χ1n) is 5.64. The maximum absolute atomic E-state index is 11.4. The van der Waals surface area contributed by atoms with Gasteiger partial charge < -0.3 is 10.6 Å². The lowest BCUT2D eigenvalue weighted by molar-refractivity contribution is -0.115. The number of aromatic nitrogens is 2. The zero-order chi connectivity index (χ0) is 12.3. The standard InChI is InChI=1S/C12H16N4O.ClH/c1-3-16-11-6-10(15-12(17)8-13-2)5-4-9(11)7-14-16;/h4-7,13H,3,8H2,1-2H3,(H,15,17);1H. The van der Waals surface area contributed by atoms with Gasteiger partial charge in [0.05, 0.1) is 18.3 Å². The minimum absolute atomic E-state index is 0. The fourth-order valence-electron chi connectivity index (χ4n) is 1.77. The topological polar surface area (TPSA) is 59.0 Å². The highest BCUT2D eigenvalue weighted by Gasteiger charge is 2.04. The second kappa shape index (κ2) is 6.37. The molecule has 0 saturated heterocycles. The van der Waals surface area contributed by atoms with Crippen LogP contribution >= 0.6 is 12.4 Å². The van der Waals surface area contributed by atoms with E-state index >= 15 is 0 Å². The van der Waals surface area contributed by atoms with Crippen LogP contribution in [-0.2, 0) is 11.3 Å². The van der Waals surface area contributed by atoms with Crippen molar-refractivity contribution >= 4 is 34.9 Å². The number of hydrogen-bond acceptors (Lipinski definition) is 3. The molecule has 6 heteroatoms. The Bertz CT molecular complexity index is 538. The molecule has 1 amide bonds. The number of likely N-dealkylation sites (N-methyl/N-ethyl adjacent to an activating group) is 1.